The third kappa shape index (κ3) is 6.63. The van der Waals surface area contributed by atoms with Crippen LogP contribution in [-0.2, 0) is 22.7 Å². The number of carbonyl (C=O) groups is 2. The molecule has 3 aromatic carbocycles. The van der Waals surface area contributed by atoms with E-state index in [0.29, 0.717) is 35.8 Å². The summed E-state index contributed by atoms with van der Waals surface area (Å²) in [6.07, 6.45) is 0. The SMILES string of the molecule is CCOc1ccc(C(=O)OCc2c(C)cc(C)c(COC(=O)c3ccc(OCC)cc3)c2C)cc1. The van der Waals surface area contributed by atoms with E-state index in [4.69, 9.17) is 18.9 Å². The summed E-state index contributed by atoms with van der Waals surface area (Å²) < 4.78 is 22.0. The predicted molar refractivity (Wildman–Crippen MR) is 134 cm³/mol. The van der Waals surface area contributed by atoms with Gasteiger partial charge in [0.2, 0.25) is 0 Å². The molecule has 0 unspecified atom stereocenters. The zero-order valence-corrected chi connectivity index (χ0v) is 21.0. The third-order valence-electron chi connectivity index (χ3n) is 5.79. The first-order chi connectivity index (χ1) is 16.8. The van der Waals surface area contributed by atoms with Crippen LogP contribution in [0.2, 0.25) is 0 Å². The van der Waals surface area contributed by atoms with E-state index in [2.05, 4.69) is 0 Å². The molecule has 0 N–H and O–H groups in total. The molecule has 0 radical (unpaired) electrons. The molecule has 0 saturated carbocycles. The van der Waals surface area contributed by atoms with E-state index in [1.54, 1.807) is 48.5 Å². The van der Waals surface area contributed by atoms with Crippen LogP contribution in [0.3, 0.4) is 0 Å². The second kappa shape index (κ2) is 12.1. The maximum Gasteiger partial charge on any atom is 0.338 e. The van der Waals surface area contributed by atoms with Gasteiger partial charge in [-0.3, -0.25) is 0 Å². The first-order valence-corrected chi connectivity index (χ1v) is 11.7. The number of ether oxygens (including phenoxy) is 4. The van der Waals surface area contributed by atoms with Gasteiger partial charge in [0.05, 0.1) is 24.3 Å². The number of hydrogen-bond donors (Lipinski definition) is 0. The fourth-order valence-electron chi connectivity index (χ4n) is 3.87. The topological polar surface area (TPSA) is 71.1 Å². The molecule has 3 rings (SSSR count). The lowest BCUT2D eigenvalue weighted by Crippen LogP contribution is -2.11. The van der Waals surface area contributed by atoms with Gasteiger partial charge in [-0.25, -0.2) is 9.59 Å². The van der Waals surface area contributed by atoms with Gasteiger partial charge in [-0.15, -0.1) is 0 Å². The van der Waals surface area contributed by atoms with Crippen LogP contribution in [0.25, 0.3) is 0 Å². The Morgan fingerprint density at radius 1 is 0.629 bits per heavy atom. The molecule has 184 valence electrons. The van der Waals surface area contributed by atoms with Crippen molar-refractivity contribution >= 4 is 11.9 Å². The van der Waals surface area contributed by atoms with Gasteiger partial charge in [-0.2, -0.15) is 0 Å². The Labute approximate surface area is 206 Å². The van der Waals surface area contributed by atoms with Crippen LogP contribution in [0.15, 0.2) is 54.6 Å². The molecule has 0 aliphatic carbocycles. The molecule has 0 spiro atoms. The molecule has 6 heteroatoms. The number of rotatable bonds is 10. The maximum absolute atomic E-state index is 12.6. The Bertz CT molecular complexity index is 1070. The number of carbonyl (C=O) groups excluding carboxylic acids is 2. The van der Waals surface area contributed by atoms with Crippen LogP contribution >= 0.6 is 0 Å². The second-order valence-electron chi connectivity index (χ2n) is 8.16. The molecule has 6 nitrogen and oxygen atoms in total. The first kappa shape index (κ1) is 25.8. The van der Waals surface area contributed by atoms with Gasteiger partial charge in [-0.1, -0.05) is 6.07 Å². The number of aryl methyl sites for hydroxylation is 2. The van der Waals surface area contributed by atoms with Crippen LogP contribution in [0.1, 0.15) is 62.4 Å². The summed E-state index contributed by atoms with van der Waals surface area (Å²) in [4.78, 5) is 25.1. The molecule has 3 aromatic rings. The Kier molecular flexibility index (Phi) is 8.90. The first-order valence-electron chi connectivity index (χ1n) is 11.7. The molecule has 35 heavy (non-hydrogen) atoms. The molecule has 0 aliphatic heterocycles. The van der Waals surface area contributed by atoms with Crippen molar-refractivity contribution in [3.8, 4) is 11.5 Å². The minimum absolute atomic E-state index is 0.129. The second-order valence-corrected chi connectivity index (χ2v) is 8.16. The van der Waals surface area contributed by atoms with Crippen molar-refractivity contribution in [1.29, 1.82) is 0 Å². The van der Waals surface area contributed by atoms with Crippen LogP contribution in [0.5, 0.6) is 11.5 Å². The van der Waals surface area contributed by atoms with Gasteiger partial charge < -0.3 is 18.9 Å². The molecule has 0 fully saturated rings. The maximum atomic E-state index is 12.6. The van der Waals surface area contributed by atoms with Gasteiger partial charge in [0, 0.05) is 0 Å². The highest BCUT2D eigenvalue weighted by Crippen LogP contribution is 2.25. The Balaban J connectivity index is 1.67. The minimum atomic E-state index is -0.407. The van der Waals surface area contributed by atoms with E-state index in [-0.39, 0.29) is 13.2 Å². The highest BCUT2D eigenvalue weighted by Gasteiger charge is 2.16. The lowest BCUT2D eigenvalue weighted by atomic mass is 9.94. The molecular formula is C29H32O6. The van der Waals surface area contributed by atoms with Crippen molar-refractivity contribution in [3.05, 3.63) is 93.5 Å². The van der Waals surface area contributed by atoms with E-state index in [1.807, 2.05) is 40.7 Å². The smallest absolute Gasteiger partial charge is 0.338 e. The van der Waals surface area contributed by atoms with Crippen molar-refractivity contribution in [1.82, 2.24) is 0 Å². The van der Waals surface area contributed by atoms with Gasteiger partial charge in [0.15, 0.2) is 0 Å². The van der Waals surface area contributed by atoms with Gasteiger partial charge in [0.25, 0.3) is 0 Å². The Morgan fingerprint density at radius 2 is 1.00 bits per heavy atom. The lowest BCUT2D eigenvalue weighted by Gasteiger charge is -2.18. The highest BCUT2D eigenvalue weighted by atomic mass is 16.5. The summed E-state index contributed by atoms with van der Waals surface area (Å²) in [6, 6.07) is 15.8. The van der Waals surface area contributed by atoms with Gasteiger partial charge in [0.1, 0.15) is 24.7 Å². The Morgan fingerprint density at radius 3 is 1.34 bits per heavy atom. The number of hydrogen-bond acceptors (Lipinski definition) is 6. The van der Waals surface area contributed by atoms with E-state index in [0.717, 1.165) is 27.8 Å². The number of benzene rings is 3. The summed E-state index contributed by atoms with van der Waals surface area (Å²) in [5, 5.41) is 0. The summed E-state index contributed by atoms with van der Waals surface area (Å²) in [5.41, 5.74) is 5.70. The molecule has 0 aromatic heterocycles. The van der Waals surface area contributed by atoms with Crippen molar-refractivity contribution in [2.24, 2.45) is 0 Å². The molecule has 0 saturated heterocycles. The van der Waals surface area contributed by atoms with Gasteiger partial charge in [-0.05, 0) is 111 Å². The third-order valence-corrected chi connectivity index (χ3v) is 5.79. The van der Waals surface area contributed by atoms with Crippen molar-refractivity contribution in [3.63, 3.8) is 0 Å². The highest BCUT2D eigenvalue weighted by molar-refractivity contribution is 5.90. The minimum Gasteiger partial charge on any atom is -0.494 e. The van der Waals surface area contributed by atoms with Crippen LogP contribution < -0.4 is 9.47 Å². The average molecular weight is 477 g/mol. The van der Waals surface area contributed by atoms with E-state index >= 15 is 0 Å². The fraction of sp³-hybridized carbons (Fsp3) is 0.310. The quantitative estimate of drug-likeness (QED) is 0.328. The van der Waals surface area contributed by atoms with E-state index < -0.39 is 11.9 Å². The van der Waals surface area contributed by atoms with Crippen LogP contribution in [-0.4, -0.2) is 25.2 Å². The lowest BCUT2D eigenvalue weighted by molar-refractivity contribution is 0.0471. The average Bonchev–Trinajstić information content (AvgIpc) is 2.84. The Hall–Kier alpha value is -3.80. The summed E-state index contributed by atoms with van der Waals surface area (Å²) in [7, 11) is 0. The molecule has 0 bridgehead atoms. The largest absolute Gasteiger partial charge is 0.494 e. The summed E-state index contributed by atoms with van der Waals surface area (Å²) in [5.74, 6) is 0.601. The normalized spacial score (nSPS) is 10.5. The summed E-state index contributed by atoms with van der Waals surface area (Å²) >= 11 is 0. The molecule has 0 amide bonds. The zero-order valence-electron chi connectivity index (χ0n) is 21.0. The van der Waals surface area contributed by atoms with Crippen LogP contribution in [0, 0.1) is 20.8 Å². The van der Waals surface area contributed by atoms with Crippen molar-refractivity contribution in [2.75, 3.05) is 13.2 Å². The fourth-order valence-corrected chi connectivity index (χ4v) is 3.87. The van der Waals surface area contributed by atoms with Crippen molar-refractivity contribution in [2.45, 2.75) is 47.8 Å². The van der Waals surface area contributed by atoms with E-state index in [9.17, 15) is 9.59 Å². The molecule has 0 aliphatic rings. The zero-order chi connectivity index (χ0) is 25.4. The monoisotopic (exact) mass is 476 g/mol. The number of esters is 2. The van der Waals surface area contributed by atoms with E-state index in [1.165, 1.54) is 0 Å². The molecule has 0 heterocycles. The predicted octanol–water partition coefficient (Wildman–Crippen LogP) is 6.12. The van der Waals surface area contributed by atoms with Crippen molar-refractivity contribution < 1.29 is 28.5 Å². The molecule has 0 atom stereocenters. The standard InChI is InChI=1S/C29H32O6/c1-6-32-24-12-8-22(9-13-24)28(30)34-17-26-19(3)16-20(4)27(21(26)5)18-35-29(31)23-10-14-25(15-11-23)33-7-2/h8-16H,6-7,17-18H2,1-5H3. The van der Waals surface area contributed by atoms with Crippen LogP contribution in [0.4, 0.5) is 0 Å². The summed E-state index contributed by atoms with van der Waals surface area (Å²) in [6.45, 7) is 11.1. The van der Waals surface area contributed by atoms with Gasteiger partial charge >= 0.3 is 11.9 Å². The molecular weight excluding hydrogens is 444 g/mol.